The number of benzene rings is 2. The van der Waals surface area contributed by atoms with Crippen molar-refractivity contribution in [2.24, 2.45) is 0 Å². The third kappa shape index (κ3) is 4.90. The highest BCUT2D eigenvalue weighted by Crippen LogP contribution is 2.26. The van der Waals surface area contributed by atoms with Crippen molar-refractivity contribution in [3.8, 4) is 17.0 Å². The largest absolute Gasteiger partial charge is 0.497 e. The van der Waals surface area contributed by atoms with Gasteiger partial charge in [0.05, 0.1) is 19.3 Å². The van der Waals surface area contributed by atoms with E-state index in [9.17, 15) is 13.6 Å². The quantitative estimate of drug-likeness (QED) is 0.614. The van der Waals surface area contributed by atoms with E-state index >= 15 is 0 Å². The second kappa shape index (κ2) is 8.90. The van der Waals surface area contributed by atoms with Gasteiger partial charge in [-0.25, -0.2) is 13.8 Å². The Hall–Kier alpha value is -2.84. The highest BCUT2D eigenvalue weighted by Gasteiger charge is 2.12. The minimum absolute atomic E-state index is 0.0115. The van der Waals surface area contributed by atoms with Crippen LogP contribution in [0.1, 0.15) is 18.5 Å². The summed E-state index contributed by atoms with van der Waals surface area (Å²) in [6.07, 6.45) is 0. The van der Waals surface area contributed by atoms with Crippen LogP contribution >= 0.6 is 11.3 Å². The molecule has 3 rings (SSSR count). The fraction of sp³-hybridized carbons (Fsp3) is 0.200. The van der Waals surface area contributed by atoms with Crippen LogP contribution in [0.3, 0.4) is 0 Å². The molecule has 3 aromatic rings. The van der Waals surface area contributed by atoms with Crippen molar-refractivity contribution in [1.29, 1.82) is 0 Å². The Labute approximate surface area is 165 Å². The number of carbonyl (C=O) groups excluding carboxylic acids is 1. The molecule has 0 bridgehead atoms. The predicted octanol–water partition coefficient (Wildman–Crippen LogP) is 4.39. The van der Waals surface area contributed by atoms with Gasteiger partial charge >= 0.3 is 0 Å². The molecule has 0 unspecified atom stereocenters. The standard InChI is InChI=1S/C20H19F2N3O2S/c1-12(14-5-8-16(21)17(22)9-14)23-10-19(26)25-20-24-18(11-28-20)13-3-6-15(27-2)7-4-13/h3-9,11-12,23H,10H2,1-2H3,(H,24,25,26)/t12-/m1/s1. The van der Waals surface area contributed by atoms with E-state index < -0.39 is 11.6 Å². The molecule has 5 nitrogen and oxygen atoms in total. The van der Waals surface area contributed by atoms with Crippen LogP contribution in [0.4, 0.5) is 13.9 Å². The van der Waals surface area contributed by atoms with Crippen LogP contribution in [0.5, 0.6) is 5.75 Å². The summed E-state index contributed by atoms with van der Waals surface area (Å²) in [7, 11) is 1.60. The van der Waals surface area contributed by atoms with E-state index in [0.717, 1.165) is 29.1 Å². The maximum absolute atomic E-state index is 13.3. The first-order valence-electron chi connectivity index (χ1n) is 8.54. The van der Waals surface area contributed by atoms with Crippen molar-refractivity contribution < 1.29 is 18.3 Å². The Morgan fingerprint density at radius 2 is 1.93 bits per heavy atom. The summed E-state index contributed by atoms with van der Waals surface area (Å²) in [6, 6.07) is 10.8. The fourth-order valence-corrected chi connectivity index (χ4v) is 3.27. The molecule has 0 saturated carbocycles. The van der Waals surface area contributed by atoms with Gasteiger partial charge in [-0.2, -0.15) is 0 Å². The van der Waals surface area contributed by atoms with Crippen LogP contribution in [0.2, 0.25) is 0 Å². The van der Waals surface area contributed by atoms with Crippen LogP contribution in [0.25, 0.3) is 11.3 Å². The van der Waals surface area contributed by atoms with Gasteiger partial charge in [0.1, 0.15) is 5.75 Å². The van der Waals surface area contributed by atoms with Gasteiger partial charge in [-0.05, 0) is 48.9 Å². The third-order valence-electron chi connectivity index (χ3n) is 4.15. The highest BCUT2D eigenvalue weighted by molar-refractivity contribution is 7.14. The van der Waals surface area contributed by atoms with E-state index in [1.165, 1.54) is 17.4 Å². The molecule has 0 fully saturated rings. The van der Waals surface area contributed by atoms with E-state index in [1.807, 2.05) is 29.6 Å². The number of thiazole rings is 1. The summed E-state index contributed by atoms with van der Waals surface area (Å²) < 4.78 is 31.5. The lowest BCUT2D eigenvalue weighted by Gasteiger charge is -2.14. The van der Waals surface area contributed by atoms with Gasteiger partial charge in [-0.3, -0.25) is 4.79 Å². The summed E-state index contributed by atoms with van der Waals surface area (Å²) >= 11 is 1.32. The van der Waals surface area contributed by atoms with E-state index in [2.05, 4.69) is 15.6 Å². The molecule has 0 aliphatic carbocycles. The summed E-state index contributed by atoms with van der Waals surface area (Å²) in [5.74, 6) is -1.33. The molecule has 0 aliphatic rings. The first-order chi connectivity index (χ1) is 13.5. The molecule has 0 saturated heterocycles. The van der Waals surface area contributed by atoms with Gasteiger partial charge < -0.3 is 15.4 Å². The molecule has 146 valence electrons. The van der Waals surface area contributed by atoms with Crippen molar-refractivity contribution >= 4 is 22.4 Å². The van der Waals surface area contributed by atoms with Crippen LogP contribution in [0.15, 0.2) is 47.8 Å². The zero-order valence-corrected chi connectivity index (χ0v) is 16.1. The number of rotatable bonds is 7. The highest BCUT2D eigenvalue weighted by atomic mass is 32.1. The number of aromatic nitrogens is 1. The molecule has 1 aromatic heterocycles. The Morgan fingerprint density at radius 3 is 2.61 bits per heavy atom. The zero-order valence-electron chi connectivity index (χ0n) is 15.3. The number of hydrogen-bond donors (Lipinski definition) is 2. The Kier molecular flexibility index (Phi) is 6.33. The average molecular weight is 403 g/mol. The monoisotopic (exact) mass is 403 g/mol. The molecule has 1 heterocycles. The summed E-state index contributed by atoms with van der Waals surface area (Å²) in [5, 5.41) is 8.05. The molecule has 0 radical (unpaired) electrons. The van der Waals surface area contributed by atoms with E-state index in [1.54, 1.807) is 14.0 Å². The van der Waals surface area contributed by atoms with Crippen molar-refractivity contribution in [3.05, 3.63) is 65.0 Å². The van der Waals surface area contributed by atoms with Gasteiger partial charge in [-0.15, -0.1) is 11.3 Å². The molecular formula is C20H19F2N3O2S. The van der Waals surface area contributed by atoms with E-state index in [4.69, 9.17) is 4.74 Å². The molecule has 1 amide bonds. The number of methoxy groups -OCH3 is 1. The number of carbonyl (C=O) groups is 1. The maximum atomic E-state index is 13.3. The molecule has 2 aromatic carbocycles. The van der Waals surface area contributed by atoms with Gasteiger partial charge in [0.2, 0.25) is 5.91 Å². The normalized spacial score (nSPS) is 11.9. The minimum atomic E-state index is -0.913. The molecule has 0 spiro atoms. The van der Waals surface area contributed by atoms with Gasteiger partial charge in [0.15, 0.2) is 16.8 Å². The molecular weight excluding hydrogens is 384 g/mol. The lowest BCUT2D eigenvalue weighted by atomic mass is 10.1. The second-order valence-corrected chi connectivity index (χ2v) is 6.95. The summed E-state index contributed by atoms with van der Waals surface area (Å²) in [4.78, 5) is 16.6. The minimum Gasteiger partial charge on any atom is -0.497 e. The van der Waals surface area contributed by atoms with Crippen molar-refractivity contribution in [2.75, 3.05) is 19.0 Å². The Balaban J connectivity index is 1.54. The van der Waals surface area contributed by atoms with Crippen molar-refractivity contribution in [3.63, 3.8) is 0 Å². The molecule has 28 heavy (non-hydrogen) atoms. The number of hydrogen-bond acceptors (Lipinski definition) is 5. The van der Waals surface area contributed by atoms with Crippen LogP contribution in [0, 0.1) is 11.6 Å². The van der Waals surface area contributed by atoms with Crippen LogP contribution in [-0.2, 0) is 4.79 Å². The van der Waals surface area contributed by atoms with Crippen LogP contribution in [-0.4, -0.2) is 24.5 Å². The van der Waals surface area contributed by atoms with Gasteiger partial charge in [0, 0.05) is 17.0 Å². The van der Waals surface area contributed by atoms with E-state index in [0.29, 0.717) is 10.7 Å². The third-order valence-corrected chi connectivity index (χ3v) is 4.91. The molecule has 2 N–H and O–H groups in total. The number of nitrogens with one attached hydrogen (secondary N) is 2. The first kappa shape index (κ1) is 19.9. The Bertz CT molecular complexity index is 960. The summed E-state index contributed by atoms with van der Waals surface area (Å²) in [5.41, 5.74) is 2.23. The van der Waals surface area contributed by atoms with E-state index in [-0.39, 0.29) is 18.5 Å². The molecule has 8 heteroatoms. The smallest absolute Gasteiger partial charge is 0.240 e. The SMILES string of the molecule is COc1ccc(-c2csc(NC(=O)CN[C@H](C)c3ccc(F)c(F)c3)n2)cc1. The number of halogens is 2. The second-order valence-electron chi connectivity index (χ2n) is 6.09. The zero-order chi connectivity index (χ0) is 20.1. The van der Waals surface area contributed by atoms with Gasteiger partial charge in [0.25, 0.3) is 0 Å². The number of nitrogens with zero attached hydrogens (tertiary/aromatic N) is 1. The van der Waals surface area contributed by atoms with Crippen LogP contribution < -0.4 is 15.4 Å². The number of anilines is 1. The van der Waals surface area contributed by atoms with Gasteiger partial charge in [-0.1, -0.05) is 6.07 Å². The lowest BCUT2D eigenvalue weighted by molar-refractivity contribution is -0.115. The fourth-order valence-electron chi connectivity index (χ4n) is 2.53. The lowest BCUT2D eigenvalue weighted by Crippen LogP contribution is -2.30. The molecule has 0 aliphatic heterocycles. The molecule has 1 atom stereocenters. The average Bonchev–Trinajstić information content (AvgIpc) is 3.16. The predicted molar refractivity (Wildman–Crippen MR) is 106 cm³/mol. The maximum Gasteiger partial charge on any atom is 0.240 e. The Morgan fingerprint density at radius 1 is 1.18 bits per heavy atom. The topological polar surface area (TPSA) is 63.2 Å². The number of ether oxygens (including phenoxy) is 1. The first-order valence-corrected chi connectivity index (χ1v) is 9.42. The summed E-state index contributed by atoms with van der Waals surface area (Å²) in [6.45, 7) is 1.78. The van der Waals surface area contributed by atoms with Crippen molar-refractivity contribution in [1.82, 2.24) is 10.3 Å². The number of amides is 1. The van der Waals surface area contributed by atoms with Crippen molar-refractivity contribution in [2.45, 2.75) is 13.0 Å².